The number of urea groups is 1. The number of nitrogens with one attached hydrogen (secondary N) is 1. The Morgan fingerprint density at radius 2 is 1.79 bits per heavy atom. The summed E-state index contributed by atoms with van der Waals surface area (Å²) < 4.78 is 16.4. The van der Waals surface area contributed by atoms with E-state index in [2.05, 4.69) is 16.3 Å². The van der Waals surface area contributed by atoms with Crippen LogP contribution in [0.3, 0.4) is 0 Å². The van der Waals surface area contributed by atoms with E-state index in [1.54, 1.807) is 0 Å². The van der Waals surface area contributed by atoms with Crippen LogP contribution in [-0.2, 0) is 6.54 Å². The molecule has 0 saturated carbocycles. The third kappa shape index (κ3) is 4.67. The minimum Gasteiger partial charge on any atom is -0.492 e. The Bertz CT molecular complexity index is 791. The first-order chi connectivity index (χ1) is 13.8. The van der Waals surface area contributed by atoms with Gasteiger partial charge in [0, 0.05) is 32.7 Å². The van der Waals surface area contributed by atoms with E-state index in [-0.39, 0.29) is 6.03 Å². The molecule has 7 heteroatoms. The van der Waals surface area contributed by atoms with Crippen molar-refractivity contribution >= 4 is 6.03 Å². The van der Waals surface area contributed by atoms with E-state index in [9.17, 15) is 4.79 Å². The summed E-state index contributed by atoms with van der Waals surface area (Å²) in [6.07, 6.45) is 0. The fourth-order valence-corrected chi connectivity index (χ4v) is 3.36. The molecule has 1 N–H and O–H groups in total. The number of benzene rings is 2. The second-order valence-electron chi connectivity index (χ2n) is 6.84. The number of piperazine rings is 1. The number of rotatable bonds is 6. The Kier molecular flexibility index (Phi) is 5.82. The van der Waals surface area contributed by atoms with Gasteiger partial charge in [-0.25, -0.2) is 4.79 Å². The zero-order valence-corrected chi connectivity index (χ0v) is 15.8. The van der Waals surface area contributed by atoms with Crippen molar-refractivity contribution in [3.8, 4) is 17.2 Å². The maximum Gasteiger partial charge on any atom is 0.317 e. The summed E-state index contributed by atoms with van der Waals surface area (Å²) in [5.74, 6) is 2.43. The summed E-state index contributed by atoms with van der Waals surface area (Å²) in [7, 11) is 0. The fourth-order valence-electron chi connectivity index (χ4n) is 3.36. The summed E-state index contributed by atoms with van der Waals surface area (Å²) >= 11 is 0. The first-order valence-corrected chi connectivity index (χ1v) is 9.59. The van der Waals surface area contributed by atoms with Crippen LogP contribution >= 0.6 is 0 Å². The largest absolute Gasteiger partial charge is 0.492 e. The van der Waals surface area contributed by atoms with Crippen LogP contribution in [0.5, 0.6) is 17.2 Å². The highest BCUT2D eigenvalue weighted by Gasteiger charge is 2.21. The number of fused-ring (bicyclic) bond motifs is 1. The minimum absolute atomic E-state index is 0.0283. The molecule has 28 heavy (non-hydrogen) atoms. The maximum absolute atomic E-state index is 12.3. The topological polar surface area (TPSA) is 63.3 Å². The van der Waals surface area contributed by atoms with Crippen LogP contribution in [0, 0.1) is 0 Å². The second kappa shape index (κ2) is 8.84. The highest BCUT2D eigenvalue weighted by Crippen LogP contribution is 2.32. The van der Waals surface area contributed by atoms with Crippen molar-refractivity contribution in [3.63, 3.8) is 0 Å². The molecule has 2 aliphatic heterocycles. The zero-order chi connectivity index (χ0) is 19.2. The van der Waals surface area contributed by atoms with E-state index in [1.165, 1.54) is 5.56 Å². The highest BCUT2D eigenvalue weighted by molar-refractivity contribution is 5.74. The molecule has 0 aliphatic carbocycles. The van der Waals surface area contributed by atoms with Crippen LogP contribution in [0.4, 0.5) is 4.79 Å². The molecule has 7 nitrogen and oxygen atoms in total. The molecule has 2 aromatic rings. The molecule has 0 aromatic heterocycles. The van der Waals surface area contributed by atoms with E-state index >= 15 is 0 Å². The molecule has 1 saturated heterocycles. The van der Waals surface area contributed by atoms with Crippen molar-refractivity contribution in [2.45, 2.75) is 6.54 Å². The molecule has 0 spiro atoms. The molecule has 0 atom stereocenters. The van der Waals surface area contributed by atoms with E-state index in [0.29, 0.717) is 19.9 Å². The number of carbonyl (C=O) groups is 1. The van der Waals surface area contributed by atoms with E-state index in [4.69, 9.17) is 14.2 Å². The summed E-state index contributed by atoms with van der Waals surface area (Å²) in [5, 5.41) is 2.93. The Morgan fingerprint density at radius 1 is 1.00 bits per heavy atom. The predicted molar refractivity (Wildman–Crippen MR) is 105 cm³/mol. The summed E-state index contributed by atoms with van der Waals surface area (Å²) in [6.45, 7) is 5.22. The predicted octanol–water partition coefficient (Wildman–Crippen LogP) is 2.32. The van der Waals surface area contributed by atoms with Gasteiger partial charge in [-0.15, -0.1) is 0 Å². The lowest BCUT2D eigenvalue weighted by Crippen LogP contribution is -2.51. The van der Waals surface area contributed by atoms with Gasteiger partial charge in [-0.05, 0) is 29.8 Å². The average Bonchev–Trinajstić information content (AvgIpc) is 3.20. The van der Waals surface area contributed by atoms with E-state index < -0.39 is 0 Å². The van der Waals surface area contributed by atoms with Crippen molar-refractivity contribution in [1.29, 1.82) is 0 Å². The number of hydrogen-bond acceptors (Lipinski definition) is 5. The molecule has 2 aliphatic rings. The fraction of sp³-hybridized carbons (Fsp3) is 0.381. The van der Waals surface area contributed by atoms with Gasteiger partial charge in [0.25, 0.3) is 0 Å². The average molecular weight is 383 g/mol. The van der Waals surface area contributed by atoms with Crippen molar-refractivity contribution in [3.05, 3.63) is 54.1 Å². The van der Waals surface area contributed by atoms with Gasteiger partial charge in [0.1, 0.15) is 12.4 Å². The quantitative estimate of drug-likeness (QED) is 0.776. The van der Waals surface area contributed by atoms with Crippen LogP contribution in [0.15, 0.2) is 48.5 Å². The van der Waals surface area contributed by atoms with Crippen molar-refractivity contribution in [2.24, 2.45) is 0 Å². The number of amides is 2. The normalized spacial score (nSPS) is 16.1. The molecule has 0 radical (unpaired) electrons. The third-order valence-corrected chi connectivity index (χ3v) is 4.89. The van der Waals surface area contributed by atoms with Gasteiger partial charge >= 0.3 is 6.03 Å². The third-order valence-electron chi connectivity index (χ3n) is 4.89. The lowest BCUT2D eigenvalue weighted by molar-refractivity contribution is 0.134. The molecule has 2 amide bonds. The lowest BCUT2D eigenvalue weighted by atomic mass is 10.1. The first kappa shape index (κ1) is 18.4. The summed E-state index contributed by atoms with van der Waals surface area (Å²) in [6, 6.07) is 15.6. The molecule has 2 heterocycles. The highest BCUT2D eigenvalue weighted by atomic mass is 16.7. The van der Waals surface area contributed by atoms with Gasteiger partial charge in [-0.3, -0.25) is 4.90 Å². The molecule has 148 valence electrons. The van der Waals surface area contributed by atoms with Gasteiger partial charge < -0.3 is 24.4 Å². The van der Waals surface area contributed by atoms with Crippen molar-refractivity contribution in [1.82, 2.24) is 15.1 Å². The second-order valence-corrected chi connectivity index (χ2v) is 6.84. The number of ether oxygens (including phenoxy) is 3. The van der Waals surface area contributed by atoms with Crippen molar-refractivity contribution in [2.75, 3.05) is 46.1 Å². The summed E-state index contributed by atoms with van der Waals surface area (Å²) in [4.78, 5) is 16.5. The standard InChI is InChI=1S/C21H25N3O4/c25-21(22-8-13-26-18-4-2-1-3-5-18)24-11-9-23(10-12-24)15-17-6-7-19-20(14-17)28-16-27-19/h1-7,14H,8-13,15-16H2,(H,22,25). The van der Waals surface area contributed by atoms with Crippen LogP contribution in [0.1, 0.15) is 5.56 Å². The SMILES string of the molecule is O=C(NCCOc1ccccc1)N1CCN(Cc2ccc3c(c2)OCO3)CC1. The van der Waals surface area contributed by atoms with Crippen molar-refractivity contribution < 1.29 is 19.0 Å². The van der Waals surface area contributed by atoms with Gasteiger partial charge in [0.15, 0.2) is 11.5 Å². The van der Waals surface area contributed by atoms with Crippen LogP contribution < -0.4 is 19.5 Å². The molecule has 1 fully saturated rings. The molecule has 4 rings (SSSR count). The van der Waals surface area contributed by atoms with Gasteiger partial charge in [0.2, 0.25) is 6.79 Å². The molecule has 0 unspecified atom stereocenters. The monoisotopic (exact) mass is 383 g/mol. The molecular formula is C21H25N3O4. The number of hydrogen-bond donors (Lipinski definition) is 1. The molecule has 0 bridgehead atoms. The Hall–Kier alpha value is -2.93. The Labute approximate surface area is 164 Å². The lowest BCUT2D eigenvalue weighted by Gasteiger charge is -2.34. The number of nitrogens with zero attached hydrogens (tertiary/aromatic N) is 2. The minimum atomic E-state index is -0.0283. The Balaban J connectivity index is 1.16. The molecular weight excluding hydrogens is 358 g/mol. The summed E-state index contributed by atoms with van der Waals surface area (Å²) in [5.41, 5.74) is 1.19. The van der Waals surface area contributed by atoms with Gasteiger partial charge in [-0.2, -0.15) is 0 Å². The van der Waals surface area contributed by atoms with E-state index in [1.807, 2.05) is 47.4 Å². The van der Waals surface area contributed by atoms with Gasteiger partial charge in [0.05, 0.1) is 6.54 Å². The maximum atomic E-state index is 12.3. The van der Waals surface area contributed by atoms with E-state index in [0.717, 1.165) is 50.0 Å². The molecule has 2 aromatic carbocycles. The Morgan fingerprint density at radius 3 is 2.61 bits per heavy atom. The smallest absolute Gasteiger partial charge is 0.317 e. The number of para-hydroxylation sites is 1. The first-order valence-electron chi connectivity index (χ1n) is 9.59. The number of carbonyl (C=O) groups excluding carboxylic acids is 1. The zero-order valence-electron chi connectivity index (χ0n) is 15.8. The van der Waals surface area contributed by atoms with Crippen LogP contribution in [0.2, 0.25) is 0 Å². The van der Waals surface area contributed by atoms with Crippen LogP contribution in [-0.4, -0.2) is 62.0 Å². The van der Waals surface area contributed by atoms with Gasteiger partial charge in [-0.1, -0.05) is 24.3 Å². The van der Waals surface area contributed by atoms with Crippen LogP contribution in [0.25, 0.3) is 0 Å².